The number of hydrogen-bond acceptors (Lipinski definition) is 2. The summed E-state index contributed by atoms with van der Waals surface area (Å²) in [6.45, 7) is 0.945. The van der Waals surface area contributed by atoms with Crippen LogP contribution in [0.2, 0.25) is 0 Å². The minimum Gasteiger partial charge on any atom is -0.388 e. The normalized spacial score (nSPS) is 33.6. The molecule has 1 unspecified atom stereocenters. The molecule has 0 saturated carbocycles. The van der Waals surface area contributed by atoms with Crippen LogP contribution in [0.1, 0.15) is 12.8 Å². The van der Waals surface area contributed by atoms with E-state index in [1.54, 1.807) is 0 Å². The molecule has 0 aliphatic carbocycles. The fraction of sp³-hybridized carbons (Fsp3) is 1.00. The van der Waals surface area contributed by atoms with Crippen LogP contribution in [0.5, 0.6) is 0 Å². The third kappa shape index (κ3) is 1.88. The van der Waals surface area contributed by atoms with E-state index in [1.165, 1.54) is 0 Å². The van der Waals surface area contributed by atoms with Crippen molar-refractivity contribution in [1.29, 1.82) is 0 Å². The second-order valence-electron chi connectivity index (χ2n) is 2.75. The zero-order chi connectivity index (χ0) is 7.61. The van der Waals surface area contributed by atoms with Crippen LogP contribution in [0, 0.1) is 0 Å². The van der Waals surface area contributed by atoms with Crippen molar-refractivity contribution in [3.8, 4) is 0 Å². The Hall–Kier alpha value is -0.220. The van der Waals surface area contributed by atoms with Crippen LogP contribution in [0.15, 0.2) is 0 Å². The number of alkyl halides is 2. The summed E-state index contributed by atoms with van der Waals surface area (Å²) < 4.78 is 23.5. The maximum absolute atomic E-state index is 11.7. The Bertz CT molecular complexity index is 112. The fourth-order valence-corrected chi connectivity index (χ4v) is 1.19. The molecule has 1 aliphatic heterocycles. The van der Waals surface area contributed by atoms with Crippen LogP contribution in [0.3, 0.4) is 0 Å². The van der Waals surface area contributed by atoms with Crippen LogP contribution < -0.4 is 5.32 Å². The van der Waals surface area contributed by atoms with Gasteiger partial charge < -0.3 is 10.4 Å². The number of rotatable bonds is 2. The molecule has 2 N–H and O–H groups in total. The number of aliphatic hydroxyl groups is 1. The van der Waals surface area contributed by atoms with Crippen LogP contribution >= 0.6 is 0 Å². The van der Waals surface area contributed by atoms with Gasteiger partial charge in [-0.25, -0.2) is 8.78 Å². The van der Waals surface area contributed by atoms with Crippen molar-refractivity contribution < 1.29 is 13.9 Å². The van der Waals surface area contributed by atoms with Gasteiger partial charge in [0.25, 0.3) is 0 Å². The van der Waals surface area contributed by atoms with Crippen molar-refractivity contribution in [3.63, 3.8) is 0 Å². The van der Waals surface area contributed by atoms with E-state index in [9.17, 15) is 13.9 Å². The molecule has 0 bridgehead atoms. The van der Waals surface area contributed by atoms with E-state index in [1.807, 2.05) is 0 Å². The van der Waals surface area contributed by atoms with Crippen molar-refractivity contribution in [3.05, 3.63) is 0 Å². The number of hydrogen-bond donors (Lipinski definition) is 2. The molecular formula is C6H11F2NO. The lowest BCUT2D eigenvalue weighted by molar-refractivity contribution is -0.00733. The molecule has 1 aliphatic rings. The summed E-state index contributed by atoms with van der Waals surface area (Å²) in [5, 5.41) is 12.2. The maximum atomic E-state index is 11.7. The van der Waals surface area contributed by atoms with E-state index in [4.69, 9.17) is 0 Å². The van der Waals surface area contributed by atoms with Gasteiger partial charge in [0.1, 0.15) is 0 Å². The molecule has 10 heavy (non-hydrogen) atoms. The maximum Gasteiger partial charge on any atom is 0.241 e. The van der Waals surface area contributed by atoms with Crippen LogP contribution in [-0.4, -0.2) is 30.2 Å². The molecule has 0 amide bonds. The molecule has 0 aromatic rings. The summed E-state index contributed by atoms with van der Waals surface area (Å²) in [5.41, 5.74) is -1.14. The highest BCUT2D eigenvalue weighted by atomic mass is 19.3. The van der Waals surface area contributed by atoms with Crippen LogP contribution in [0.4, 0.5) is 8.78 Å². The minimum absolute atomic E-state index is 0.303. The topological polar surface area (TPSA) is 32.3 Å². The van der Waals surface area contributed by atoms with Gasteiger partial charge in [-0.1, -0.05) is 0 Å². The van der Waals surface area contributed by atoms with Crippen molar-refractivity contribution in [2.24, 2.45) is 0 Å². The molecule has 60 valence electrons. The predicted molar refractivity (Wildman–Crippen MR) is 33.1 cm³/mol. The average molecular weight is 151 g/mol. The van der Waals surface area contributed by atoms with Crippen LogP contribution in [0.25, 0.3) is 0 Å². The smallest absolute Gasteiger partial charge is 0.241 e. The SMILES string of the molecule is OC1(CC(F)F)CCNC1. The summed E-state index contributed by atoms with van der Waals surface area (Å²) in [5.74, 6) is 0. The Morgan fingerprint density at radius 2 is 2.30 bits per heavy atom. The van der Waals surface area contributed by atoms with Gasteiger partial charge in [-0.05, 0) is 13.0 Å². The van der Waals surface area contributed by atoms with E-state index in [-0.39, 0.29) is 0 Å². The van der Waals surface area contributed by atoms with Crippen molar-refractivity contribution in [2.75, 3.05) is 13.1 Å². The first-order chi connectivity index (χ1) is 4.62. The quantitative estimate of drug-likeness (QED) is 0.597. The number of β-amino-alcohol motifs (C(OH)–C–C–N with tert-alkyl or cyclic N) is 1. The van der Waals surface area contributed by atoms with Gasteiger partial charge in [0.2, 0.25) is 6.43 Å². The Morgan fingerprint density at radius 1 is 1.60 bits per heavy atom. The van der Waals surface area contributed by atoms with Gasteiger partial charge in [-0.15, -0.1) is 0 Å². The van der Waals surface area contributed by atoms with Crippen LogP contribution in [-0.2, 0) is 0 Å². The molecule has 4 heteroatoms. The molecule has 1 atom stereocenters. The van der Waals surface area contributed by atoms with Gasteiger partial charge in [0.15, 0.2) is 0 Å². The molecule has 2 nitrogen and oxygen atoms in total. The van der Waals surface area contributed by atoms with Crippen molar-refractivity contribution >= 4 is 0 Å². The summed E-state index contributed by atoms with van der Waals surface area (Å²) in [7, 11) is 0. The zero-order valence-electron chi connectivity index (χ0n) is 5.61. The number of halogens is 2. The van der Waals surface area contributed by atoms with Gasteiger partial charge in [-0.3, -0.25) is 0 Å². The van der Waals surface area contributed by atoms with Gasteiger partial charge in [0, 0.05) is 13.0 Å². The highest BCUT2D eigenvalue weighted by Gasteiger charge is 2.33. The highest BCUT2D eigenvalue weighted by molar-refractivity contribution is 4.87. The summed E-state index contributed by atoms with van der Waals surface area (Å²) in [6.07, 6.45) is -2.36. The number of nitrogens with one attached hydrogen (secondary N) is 1. The van der Waals surface area contributed by atoms with E-state index in [2.05, 4.69) is 5.32 Å². The first-order valence-corrected chi connectivity index (χ1v) is 3.34. The fourth-order valence-electron chi connectivity index (χ4n) is 1.19. The third-order valence-corrected chi connectivity index (χ3v) is 1.76. The molecule has 1 fully saturated rings. The van der Waals surface area contributed by atoms with Gasteiger partial charge in [0.05, 0.1) is 5.60 Å². The van der Waals surface area contributed by atoms with E-state index in [0.717, 1.165) is 0 Å². The van der Waals surface area contributed by atoms with Crippen molar-refractivity contribution in [1.82, 2.24) is 5.32 Å². The third-order valence-electron chi connectivity index (χ3n) is 1.76. The molecule has 1 saturated heterocycles. The Morgan fingerprint density at radius 3 is 2.70 bits per heavy atom. The first-order valence-electron chi connectivity index (χ1n) is 3.34. The largest absolute Gasteiger partial charge is 0.388 e. The Balaban J connectivity index is 2.36. The van der Waals surface area contributed by atoms with Crippen molar-refractivity contribution in [2.45, 2.75) is 24.9 Å². The summed E-state index contributed by atoms with van der Waals surface area (Å²) in [6, 6.07) is 0. The second-order valence-corrected chi connectivity index (χ2v) is 2.75. The molecule has 1 rings (SSSR count). The monoisotopic (exact) mass is 151 g/mol. The van der Waals surface area contributed by atoms with E-state index < -0.39 is 18.4 Å². The lowest BCUT2D eigenvalue weighted by Gasteiger charge is -2.19. The van der Waals surface area contributed by atoms with Gasteiger partial charge in [-0.2, -0.15) is 0 Å². The van der Waals surface area contributed by atoms with Gasteiger partial charge >= 0.3 is 0 Å². The average Bonchev–Trinajstić information content (AvgIpc) is 2.12. The highest BCUT2D eigenvalue weighted by Crippen LogP contribution is 2.22. The first kappa shape index (κ1) is 7.88. The Labute approximate surface area is 58.2 Å². The predicted octanol–water partition coefficient (Wildman–Crippen LogP) is 0.366. The lowest BCUT2D eigenvalue weighted by atomic mass is 10.00. The molecule has 1 heterocycles. The molecular weight excluding hydrogens is 140 g/mol. The lowest BCUT2D eigenvalue weighted by Crippen LogP contribution is -2.33. The standard InChI is InChI=1S/C6H11F2NO/c7-5(8)3-6(10)1-2-9-4-6/h5,9-10H,1-4H2. The molecule has 0 radical (unpaired) electrons. The van der Waals surface area contributed by atoms with E-state index >= 15 is 0 Å². The molecule has 0 aromatic carbocycles. The second kappa shape index (κ2) is 2.80. The summed E-state index contributed by atoms with van der Waals surface area (Å²) >= 11 is 0. The minimum atomic E-state index is -2.40. The summed E-state index contributed by atoms with van der Waals surface area (Å²) in [4.78, 5) is 0. The Kier molecular flexibility index (Phi) is 2.21. The van der Waals surface area contributed by atoms with E-state index in [0.29, 0.717) is 19.5 Å². The molecule has 0 aromatic heterocycles. The molecule has 0 spiro atoms. The zero-order valence-corrected chi connectivity index (χ0v) is 5.61.